The van der Waals surface area contributed by atoms with E-state index in [1.165, 1.54) is 0 Å². The molecule has 112 valence electrons. The van der Waals surface area contributed by atoms with Gasteiger partial charge in [-0.05, 0) is 39.0 Å². The summed E-state index contributed by atoms with van der Waals surface area (Å²) in [5.74, 6) is 0.166. The van der Waals surface area contributed by atoms with Gasteiger partial charge < -0.3 is 4.74 Å². The van der Waals surface area contributed by atoms with E-state index in [1.54, 1.807) is 6.92 Å². The Balaban J connectivity index is 2.36. The van der Waals surface area contributed by atoms with Gasteiger partial charge in [-0.1, -0.05) is 0 Å². The van der Waals surface area contributed by atoms with Gasteiger partial charge in [-0.15, -0.1) is 11.6 Å². The average molecular weight is 312 g/mol. The van der Waals surface area contributed by atoms with E-state index in [0.29, 0.717) is 44.6 Å². The van der Waals surface area contributed by atoms with Crippen LogP contribution in [0, 0.1) is 5.92 Å². The molecule has 0 aliphatic heterocycles. The van der Waals surface area contributed by atoms with Crippen molar-refractivity contribution in [2.24, 2.45) is 5.92 Å². The Bertz CT molecular complexity index is 377. The maximum absolute atomic E-state index is 11.7. The molecule has 0 aromatic carbocycles. The van der Waals surface area contributed by atoms with Crippen LogP contribution in [0.25, 0.3) is 0 Å². The number of hydrogen-bond acceptors (Lipinski definition) is 4. The number of ether oxygens (including phenoxy) is 1. The second-order valence-electron chi connectivity index (χ2n) is 4.78. The van der Waals surface area contributed by atoms with Crippen molar-refractivity contribution in [3.05, 3.63) is 0 Å². The summed E-state index contributed by atoms with van der Waals surface area (Å²) in [4.78, 5) is 11.6. The monoisotopic (exact) mass is 311 g/mol. The van der Waals surface area contributed by atoms with Crippen LogP contribution >= 0.6 is 11.6 Å². The zero-order valence-corrected chi connectivity index (χ0v) is 12.8. The molecule has 1 rings (SSSR count). The fourth-order valence-electron chi connectivity index (χ4n) is 2.26. The van der Waals surface area contributed by atoms with Crippen LogP contribution in [0.15, 0.2) is 0 Å². The van der Waals surface area contributed by atoms with Crippen LogP contribution in [0.3, 0.4) is 0 Å². The zero-order chi connectivity index (χ0) is 14.3. The molecule has 0 bridgehead atoms. The van der Waals surface area contributed by atoms with Crippen LogP contribution in [0.5, 0.6) is 0 Å². The normalized spacial score (nSPS) is 24.1. The lowest BCUT2D eigenvalue weighted by atomic mass is 9.86. The second-order valence-corrected chi connectivity index (χ2v) is 7.03. The fourth-order valence-corrected chi connectivity index (χ4v) is 3.94. The first-order chi connectivity index (χ1) is 8.98. The van der Waals surface area contributed by atoms with Crippen LogP contribution in [-0.2, 0) is 19.6 Å². The summed E-state index contributed by atoms with van der Waals surface area (Å²) in [6.45, 7) is 2.18. The van der Waals surface area contributed by atoms with Crippen molar-refractivity contribution in [2.45, 2.75) is 45.1 Å². The molecule has 1 fully saturated rings. The topological polar surface area (TPSA) is 72.5 Å². The van der Waals surface area contributed by atoms with Gasteiger partial charge in [0.15, 0.2) is 0 Å². The number of alkyl halides is 1. The summed E-state index contributed by atoms with van der Waals surface area (Å²) in [6, 6.07) is -0.0639. The molecule has 0 unspecified atom stereocenters. The first-order valence-corrected chi connectivity index (χ1v) is 8.89. The molecular weight excluding hydrogens is 290 g/mol. The van der Waals surface area contributed by atoms with Gasteiger partial charge in [0, 0.05) is 11.9 Å². The van der Waals surface area contributed by atoms with Crippen LogP contribution in [-0.4, -0.2) is 38.7 Å². The Kier molecular flexibility index (Phi) is 7.10. The molecular formula is C12H22ClNO4S. The van der Waals surface area contributed by atoms with Gasteiger partial charge in [0.05, 0.1) is 18.3 Å². The third-order valence-corrected chi connectivity index (χ3v) is 5.03. The van der Waals surface area contributed by atoms with E-state index in [1.807, 2.05) is 0 Å². The summed E-state index contributed by atoms with van der Waals surface area (Å²) in [5, 5.41) is 0. The predicted molar refractivity (Wildman–Crippen MR) is 74.6 cm³/mol. The van der Waals surface area contributed by atoms with Gasteiger partial charge in [-0.2, -0.15) is 0 Å². The maximum atomic E-state index is 11.7. The molecule has 0 heterocycles. The van der Waals surface area contributed by atoms with E-state index >= 15 is 0 Å². The number of hydrogen-bond donors (Lipinski definition) is 1. The van der Waals surface area contributed by atoms with Gasteiger partial charge in [0.25, 0.3) is 0 Å². The molecule has 0 aromatic heterocycles. The number of carbonyl (C=O) groups excluding carboxylic acids is 1. The molecule has 0 spiro atoms. The molecule has 1 aliphatic rings. The molecule has 7 heteroatoms. The SMILES string of the molecule is CCOC(=O)C1CCC(NS(=O)(=O)CCCCl)CC1. The number of carbonyl (C=O) groups is 1. The van der Waals surface area contributed by atoms with E-state index in [9.17, 15) is 13.2 Å². The van der Waals surface area contributed by atoms with E-state index in [0.717, 1.165) is 0 Å². The molecule has 0 aromatic rings. The number of esters is 1. The highest BCUT2D eigenvalue weighted by Crippen LogP contribution is 2.25. The van der Waals surface area contributed by atoms with E-state index in [2.05, 4.69) is 4.72 Å². The number of halogens is 1. The maximum Gasteiger partial charge on any atom is 0.308 e. The highest BCUT2D eigenvalue weighted by molar-refractivity contribution is 7.89. The van der Waals surface area contributed by atoms with Crippen molar-refractivity contribution < 1.29 is 17.9 Å². The summed E-state index contributed by atoms with van der Waals surface area (Å²) < 4.78 is 31.1. The Hall–Kier alpha value is -0.330. The largest absolute Gasteiger partial charge is 0.466 e. The minimum Gasteiger partial charge on any atom is -0.466 e. The molecule has 1 aliphatic carbocycles. The van der Waals surface area contributed by atoms with Crippen molar-refractivity contribution in [3.63, 3.8) is 0 Å². The van der Waals surface area contributed by atoms with Gasteiger partial charge >= 0.3 is 5.97 Å². The molecule has 5 nitrogen and oxygen atoms in total. The Morgan fingerprint density at radius 1 is 1.32 bits per heavy atom. The molecule has 0 radical (unpaired) electrons. The molecule has 1 saturated carbocycles. The zero-order valence-electron chi connectivity index (χ0n) is 11.2. The fraction of sp³-hybridized carbons (Fsp3) is 0.917. The lowest BCUT2D eigenvalue weighted by molar-refractivity contribution is -0.149. The lowest BCUT2D eigenvalue weighted by Gasteiger charge is -2.27. The van der Waals surface area contributed by atoms with Crippen molar-refractivity contribution in [3.8, 4) is 0 Å². The second kappa shape index (κ2) is 8.07. The highest BCUT2D eigenvalue weighted by Gasteiger charge is 2.29. The summed E-state index contributed by atoms with van der Waals surface area (Å²) >= 11 is 5.49. The standard InChI is InChI=1S/C12H22ClNO4S/c1-2-18-12(15)10-4-6-11(7-5-10)14-19(16,17)9-3-8-13/h10-11,14H,2-9H2,1H3. The molecule has 0 amide bonds. The molecule has 0 atom stereocenters. The molecule has 1 N–H and O–H groups in total. The van der Waals surface area contributed by atoms with Gasteiger partial charge in [0.1, 0.15) is 0 Å². The van der Waals surface area contributed by atoms with E-state index in [-0.39, 0.29) is 23.7 Å². The van der Waals surface area contributed by atoms with E-state index < -0.39 is 10.0 Å². The number of sulfonamides is 1. The lowest BCUT2D eigenvalue weighted by Crippen LogP contribution is -2.40. The van der Waals surface area contributed by atoms with Gasteiger partial charge in [-0.3, -0.25) is 4.79 Å². The van der Waals surface area contributed by atoms with Crippen molar-refractivity contribution in [2.75, 3.05) is 18.2 Å². The number of rotatable bonds is 7. The van der Waals surface area contributed by atoms with Crippen LogP contribution in [0.2, 0.25) is 0 Å². The first kappa shape index (κ1) is 16.7. The average Bonchev–Trinajstić information content (AvgIpc) is 2.37. The Morgan fingerprint density at radius 2 is 1.95 bits per heavy atom. The Morgan fingerprint density at radius 3 is 2.47 bits per heavy atom. The third kappa shape index (κ3) is 6.10. The first-order valence-electron chi connectivity index (χ1n) is 6.71. The molecule has 19 heavy (non-hydrogen) atoms. The van der Waals surface area contributed by atoms with Crippen LogP contribution < -0.4 is 4.72 Å². The van der Waals surface area contributed by atoms with Crippen molar-refractivity contribution in [1.29, 1.82) is 0 Å². The third-order valence-electron chi connectivity index (χ3n) is 3.24. The highest BCUT2D eigenvalue weighted by atomic mass is 35.5. The quantitative estimate of drug-likeness (QED) is 0.573. The van der Waals surface area contributed by atoms with Crippen LogP contribution in [0.1, 0.15) is 39.0 Å². The predicted octanol–water partition coefficient (Wildman–Crippen LogP) is 1.66. The number of nitrogens with one attached hydrogen (secondary N) is 1. The van der Waals surface area contributed by atoms with Gasteiger partial charge in [-0.25, -0.2) is 13.1 Å². The van der Waals surface area contributed by atoms with Gasteiger partial charge in [0.2, 0.25) is 10.0 Å². The molecule has 0 saturated heterocycles. The summed E-state index contributed by atoms with van der Waals surface area (Å²) in [7, 11) is -3.24. The smallest absolute Gasteiger partial charge is 0.308 e. The summed E-state index contributed by atoms with van der Waals surface area (Å²) in [6.07, 6.45) is 3.19. The van der Waals surface area contributed by atoms with Crippen LogP contribution in [0.4, 0.5) is 0 Å². The summed E-state index contributed by atoms with van der Waals surface area (Å²) in [5.41, 5.74) is 0. The van der Waals surface area contributed by atoms with Crippen molar-refractivity contribution >= 4 is 27.6 Å². The van der Waals surface area contributed by atoms with E-state index in [4.69, 9.17) is 16.3 Å². The van der Waals surface area contributed by atoms with Crippen molar-refractivity contribution in [1.82, 2.24) is 4.72 Å². The minimum absolute atomic E-state index is 0.0638. The minimum atomic E-state index is -3.24. The Labute approximate surface area is 120 Å².